The van der Waals surface area contributed by atoms with E-state index in [0.29, 0.717) is 23.6 Å². The van der Waals surface area contributed by atoms with Crippen LogP contribution in [0.15, 0.2) is 34.7 Å². The van der Waals surface area contributed by atoms with E-state index in [1.165, 1.54) is 4.90 Å². The van der Waals surface area contributed by atoms with Gasteiger partial charge in [-0.2, -0.15) is 0 Å². The molecule has 130 valence electrons. The lowest BCUT2D eigenvalue weighted by atomic mass is 10.2. The van der Waals surface area contributed by atoms with Crippen molar-refractivity contribution in [2.45, 2.75) is 20.4 Å². The summed E-state index contributed by atoms with van der Waals surface area (Å²) < 4.78 is 11.5. The van der Waals surface area contributed by atoms with Crippen LogP contribution in [0, 0.1) is 13.8 Å². The number of thiazole rings is 1. The van der Waals surface area contributed by atoms with Gasteiger partial charge in [-0.15, -0.1) is 11.3 Å². The van der Waals surface area contributed by atoms with Crippen molar-refractivity contribution in [3.8, 4) is 0 Å². The van der Waals surface area contributed by atoms with E-state index >= 15 is 0 Å². The largest absolute Gasteiger partial charge is 0.466 e. The molecular formula is C18H18N2O4S. The summed E-state index contributed by atoms with van der Waals surface area (Å²) in [4.78, 5) is 30.2. The minimum absolute atomic E-state index is 0.287. The van der Waals surface area contributed by atoms with Crippen LogP contribution in [0.5, 0.6) is 0 Å². The van der Waals surface area contributed by atoms with Crippen molar-refractivity contribution in [1.29, 1.82) is 0 Å². The van der Waals surface area contributed by atoms with E-state index < -0.39 is 5.97 Å². The zero-order valence-corrected chi connectivity index (χ0v) is 15.1. The summed E-state index contributed by atoms with van der Waals surface area (Å²) in [5, 5.41) is 0.838. The molecule has 0 N–H and O–H groups in total. The fourth-order valence-corrected chi connectivity index (χ4v) is 3.45. The Labute approximate surface area is 149 Å². The van der Waals surface area contributed by atoms with Crippen LogP contribution in [0.2, 0.25) is 0 Å². The Morgan fingerprint density at radius 1 is 1.28 bits per heavy atom. The number of likely N-dealkylation sites (N-methyl/N-ethyl adjacent to an activating group) is 1. The molecule has 25 heavy (non-hydrogen) atoms. The molecule has 0 aliphatic carbocycles. The number of carbonyl (C=O) groups is 2. The van der Waals surface area contributed by atoms with Crippen molar-refractivity contribution in [2.75, 3.05) is 13.7 Å². The molecule has 3 rings (SSSR count). The molecule has 0 saturated heterocycles. The lowest BCUT2D eigenvalue weighted by Crippen LogP contribution is -2.30. The molecule has 0 aliphatic rings. The minimum Gasteiger partial charge on any atom is -0.466 e. The smallest absolute Gasteiger partial charge is 0.342 e. The summed E-state index contributed by atoms with van der Waals surface area (Å²) in [6.45, 7) is 3.49. The van der Waals surface area contributed by atoms with Crippen LogP contribution in [-0.4, -0.2) is 35.4 Å². The molecule has 0 bridgehead atoms. The van der Waals surface area contributed by atoms with Crippen LogP contribution >= 0.6 is 11.3 Å². The first-order valence-electron chi connectivity index (χ1n) is 7.76. The molecule has 0 fully saturated rings. The second kappa shape index (κ2) is 7.06. The highest BCUT2D eigenvalue weighted by molar-refractivity contribution is 7.18. The van der Waals surface area contributed by atoms with E-state index in [2.05, 4.69) is 4.98 Å². The number of carbonyl (C=O) groups excluding carboxylic acids is 2. The first-order valence-corrected chi connectivity index (χ1v) is 8.58. The SMILES string of the molecule is Cc1cc(C(=O)OCC(=O)N(C)Cc2nc3ccccc3s2)c(C)o1. The molecule has 2 heterocycles. The third kappa shape index (κ3) is 3.88. The van der Waals surface area contributed by atoms with E-state index in [-0.39, 0.29) is 12.5 Å². The van der Waals surface area contributed by atoms with Crippen LogP contribution in [0.1, 0.15) is 26.9 Å². The van der Waals surface area contributed by atoms with Gasteiger partial charge in [0, 0.05) is 7.05 Å². The van der Waals surface area contributed by atoms with Gasteiger partial charge in [-0.25, -0.2) is 9.78 Å². The molecule has 1 amide bonds. The Morgan fingerprint density at radius 2 is 2.04 bits per heavy atom. The number of amides is 1. The zero-order chi connectivity index (χ0) is 18.0. The van der Waals surface area contributed by atoms with Crippen molar-refractivity contribution < 1.29 is 18.7 Å². The normalized spacial score (nSPS) is 10.8. The maximum Gasteiger partial charge on any atom is 0.342 e. The van der Waals surface area contributed by atoms with Gasteiger partial charge in [-0.1, -0.05) is 12.1 Å². The number of furan rings is 1. The second-order valence-electron chi connectivity index (χ2n) is 5.73. The summed E-state index contributed by atoms with van der Waals surface area (Å²) in [5.41, 5.74) is 1.26. The van der Waals surface area contributed by atoms with E-state index in [9.17, 15) is 9.59 Å². The minimum atomic E-state index is -0.559. The molecule has 6 nitrogen and oxygen atoms in total. The van der Waals surface area contributed by atoms with Gasteiger partial charge in [0.05, 0.1) is 16.8 Å². The van der Waals surface area contributed by atoms with Gasteiger partial charge in [0.25, 0.3) is 5.91 Å². The van der Waals surface area contributed by atoms with Crippen LogP contribution in [0.25, 0.3) is 10.2 Å². The van der Waals surface area contributed by atoms with E-state index in [1.807, 2.05) is 24.3 Å². The average molecular weight is 358 g/mol. The average Bonchev–Trinajstić information content (AvgIpc) is 3.13. The molecule has 0 spiro atoms. The van der Waals surface area contributed by atoms with E-state index in [1.54, 1.807) is 38.3 Å². The number of rotatable bonds is 5. The third-order valence-electron chi connectivity index (χ3n) is 3.72. The first kappa shape index (κ1) is 17.2. The van der Waals surface area contributed by atoms with Crippen molar-refractivity contribution in [1.82, 2.24) is 9.88 Å². The van der Waals surface area contributed by atoms with Gasteiger partial charge in [-0.05, 0) is 32.0 Å². The van der Waals surface area contributed by atoms with Gasteiger partial charge in [-0.3, -0.25) is 4.79 Å². The maximum absolute atomic E-state index is 12.2. The molecular weight excluding hydrogens is 340 g/mol. The number of hydrogen-bond donors (Lipinski definition) is 0. The lowest BCUT2D eigenvalue weighted by molar-refractivity contribution is -0.133. The maximum atomic E-state index is 12.2. The third-order valence-corrected chi connectivity index (χ3v) is 4.75. The molecule has 1 aromatic carbocycles. The quantitative estimate of drug-likeness (QED) is 0.654. The number of ether oxygens (including phenoxy) is 1. The van der Waals surface area contributed by atoms with E-state index in [0.717, 1.165) is 15.2 Å². The van der Waals surface area contributed by atoms with Crippen LogP contribution < -0.4 is 0 Å². The zero-order valence-electron chi connectivity index (χ0n) is 14.2. The van der Waals surface area contributed by atoms with Gasteiger partial charge < -0.3 is 14.1 Å². The summed E-state index contributed by atoms with van der Waals surface area (Å²) in [7, 11) is 1.66. The van der Waals surface area contributed by atoms with Crippen molar-refractivity contribution in [3.05, 3.63) is 52.4 Å². The van der Waals surface area contributed by atoms with Crippen LogP contribution in [0.4, 0.5) is 0 Å². The van der Waals surface area contributed by atoms with Crippen LogP contribution in [-0.2, 0) is 16.1 Å². The van der Waals surface area contributed by atoms with Gasteiger partial charge in [0.2, 0.25) is 0 Å². The number of hydrogen-bond acceptors (Lipinski definition) is 6. The molecule has 3 aromatic rings. The van der Waals surface area contributed by atoms with Crippen molar-refractivity contribution >= 4 is 33.4 Å². The number of benzene rings is 1. The molecule has 0 atom stereocenters. The summed E-state index contributed by atoms with van der Waals surface area (Å²) in [6, 6.07) is 9.42. The predicted octanol–water partition coefficient (Wildman–Crippen LogP) is 3.32. The van der Waals surface area contributed by atoms with Crippen LogP contribution in [0.3, 0.4) is 0 Å². The fourth-order valence-electron chi connectivity index (χ4n) is 2.43. The Kier molecular flexibility index (Phi) is 4.85. The topological polar surface area (TPSA) is 72.6 Å². The summed E-state index contributed by atoms with van der Waals surface area (Å²) >= 11 is 1.54. The predicted molar refractivity (Wildman–Crippen MR) is 94.6 cm³/mol. The molecule has 2 aromatic heterocycles. The monoisotopic (exact) mass is 358 g/mol. The molecule has 7 heteroatoms. The fraction of sp³-hybridized carbons (Fsp3) is 0.278. The molecule has 0 aliphatic heterocycles. The molecule has 0 unspecified atom stereocenters. The number of para-hydroxylation sites is 1. The number of aromatic nitrogens is 1. The lowest BCUT2D eigenvalue weighted by Gasteiger charge is -2.15. The van der Waals surface area contributed by atoms with Gasteiger partial charge >= 0.3 is 5.97 Å². The standard InChI is InChI=1S/C18H18N2O4S/c1-11-8-13(12(2)24-11)18(22)23-10-17(21)20(3)9-16-19-14-6-4-5-7-15(14)25-16/h4-8H,9-10H2,1-3H3. The van der Waals surface area contributed by atoms with Crippen molar-refractivity contribution in [2.24, 2.45) is 0 Å². The molecule has 0 saturated carbocycles. The Morgan fingerprint density at radius 3 is 2.72 bits per heavy atom. The Bertz CT molecular complexity index is 895. The van der Waals surface area contributed by atoms with Crippen molar-refractivity contribution in [3.63, 3.8) is 0 Å². The highest BCUT2D eigenvalue weighted by atomic mass is 32.1. The summed E-state index contributed by atoms with van der Waals surface area (Å²) in [6.07, 6.45) is 0. The highest BCUT2D eigenvalue weighted by Gasteiger charge is 2.18. The second-order valence-corrected chi connectivity index (χ2v) is 6.84. The highest BCUT2D eigenvalue weighted by Crippen LogP contribution is 2.22. The van der Waals surface area contributed by atoms with E-state index in [4.69, 9.17) is 9.15 Å². The number of aryl methyl sites for hydroxylation is 2. The van der Waals surface area contributed by atoms with Gasteiger partial charge in [0.15, 0.2) is 6.61 Å². The Hall–Kier alpha value is -2.67. The Balaban J connectivity index is 1.57. The number of nitrogens with zero attached hydrogens (tertiary/aromatic N) is 2. The molecule has 0 radical (unpaired) electrons. The number of esters is 1. The number of fused-ring (bicyclic) bond motifs is 1. The van der Waals surface area contributed by atoms with Gasteiger partial charge in [0.1, 0.15) is 22.1 Å². The first-order chi connectivity index (χ1) is 11.9. The summed E-state index contributed by atoms with van der Waals surface area (Å²) in [5.74, 6) is 0.267.